The Bertz CT molecular complexity index is 228. The van der Waals surface area contributed by atoms with E-state index in [9.17, 15) is 0 Å². The van der Waals surface area contributed by atoms with Gasteiger partial charge < -0.3 is 10.6 Å². The van der Waals surface area contributed by atoms with Crippen molar-refractivity contribution in [3.8, 4) is 0 Å². The standard InChI is InChI=1S/C8H12.C5H11NO.CH3N/c1-4-6-7-8(3)5-2;7-6-4-2-1-3-5-6;1-2/h4-7H,1H2,2-3H3;7H,1-5H2;2H,1H2/b7-6-,8-5-;;. The Kier molecular flexibility index (Phi) is 15.8. The first-order chi connectivity index (χ1) is 8.20. The molecule has 0 spiro atoms. The summed E-state index contributed by atoms with van der Waals surface area (Å²) >= 11 is 0. The van der Waals surface area contributed by atoms with E-state index in [1.807, 2.05) is 19.1 Å². The van der Waals surface area contributed by atoms with Gasteiger partial charge in [-0.15, -0.1) is 0 Å². The summed E-state index contributed by atoms with van der Waals surface area (Å²) in [5, 5.41) is 15.6. The Morgan fingerprint density at radius 1 is 1.24 bits per heavy atom. The zero-order chi connectivity index (χ0) is 13.5. The van der Waals surface area contributed by atoms with Gasteiger partial charge in [0.25, 0.3) is 0 Å². The fourth-order valence-corrected chi connectivity index (χ4v) is 1.19. The molecule has 3 heteroatoms. The molecular weight excluding hydrogens is 212 g/mol. The van der Waals surface area contributed by atoms with Crippen LogP contribution in [0.4, 0.5) is 0 Å². The van der Waals surface area contributed by atoms with Gasteiger partial charge in [-0.2, -0.15) is 5.06 Å². The summed E-state index contributed by atoms with van der Waals surface area (Å²) in [7, 11) is 0. The Balaban J connectivity index is 0. The third-order valence-corrected chi connectivity index (χ3v) is 2.28. The molecule has 0 atom stereocenters. The molecule has 2 N–H and O–H groups in total. The van der Waals surface area contributed by atoms with Gasteiger partial charge in [-0.05, 0) is 33.4 Å². The van der Waals surface area contributed by atoms with E-state index < -0.39 is 0 Å². The monoisotopic (exact) mass is 238 g/mol. The van der Waals surface area contributed by atoms with Gasteiger partial charge in [0.1, 0.15) is 0 Å². The highest BCUT2D eigenvalue weighted by Gasteiger charge is 2.04. The first kappa shape index (κ1) is 18.2. The van der Waals surface area contributed by atoms with E-state index in [1.54, 1.807) is 6.08 Å². The maximum absolute atomic E-state index is 8.74. The van der Waals surface area contributed by atoms with E-state index in [0.717, 1.165) is 25.9 Å². The van der Waals surface area contributed by atoms with Crippen molar-refractivity contribution in [2.75, 3.05) is 13.1 Å². The van der Waals surface area contributed by atoms with Crippen molar-refractivity contribution >= 4 is 6.72 Å². The minimum absolute atomic E-state index is 0.875. The summed E-state index contributed by atoms with van der Waals surface area (Å²) in [5.41, 5.74) is 1.27. The highest BCUT2D eigenvalue weighted by Crippen LogP contribution is 2.04. The molecule has 1 fully saturated rings. The van der Waals surface area contributed by atoms with Gasteiger partial charge in [-0.3, -0.25) is 0 Å². The van der Waals surface area contributed by atoms with E-state index in [2.05, 4.69) is 26.3 Å². The second kappa shape index (κ2) is 14.8. The molecule has 0 unspecified atom stereocenters. The van der Waals surface area contributed by atoms with Crippen molar-refractivity contribution in [2.24, 2.45) is 0 Å². The number of rotatable bonds is 2. The van der Waals surface area contributed by atoms with Crippen molar-refractivity contribution in [2.45, 2.75) is 33.1 Å². The molecular formula is C14H26N2O. The third kappa shape index (κ3) is 14.8. The van der Waals surface area contributed by atoms with Crippen LogP contribution >= 0.6 is 0 Å². The summed E-state index contributed by atoms with van der Waals surface area (Å²) in [5.74, 6) is 0. The van der Waals surface area contributed by atoms with Crippen LogP contribution in [0.3, 0.4) is 0 Å². The Morgan fingerprint density at radius 2 is 1.76 bits per heavy atom. The fraction of sp³-hybridized carbons (Fsp3) is 0.500. The quantitative estimate of drug-likeness (QED) is 0.567. The molecule has 0 radical (unpaired) electrons. The van der Waals surface area contributed by atoms with Crippen LogP contribution in [0.2, 0.25) is 0 Å². The molecule has 17 heavy (non-hydrogen) atoms. The lowest BCUT2D eigenvalue weighted by Crippen LogP contribution is -2.25. The minimum Gasteiger partial charge on any atom is -0.317 e. The molecule has 1 saturated heterocycles. The number of hydroxylamine groups is 2. The predicted molar refractivity (Wildman–Crippen MR) is 75.8 cm³/mol. The van der Waals surface area contributed by atoms with Gasteiger partial charge in [-0.1, -0.05) is 42.9 Å². The third-order valence-electron chi connectivity index (χ3n) is 2.28. The van der Waals surface area contributed by atoms with Crippen molar-refractivity contribution in [1.29, 1.82) is 5.41 Å². The molecule has 0 aromatic carbocycles. The maximum Gasteiger partial charge on any atom is 0.0238 e. The zero-order valence-corrected chi connectivity index (χ0v) is 11.2. The van der Waals surface area contributed by atoms with Gasteiger partial charge in [-0.25, -0.2) is 0 Å². The van der Waals surface area contributed by atoms with Crippen LogP contribution < -0.4 is 0 Å². The number of nitrogens with one attached hydrogen (secondary N) is 1. The van der Waals surface area contributed by atoms with Crippen LogP contribution in [0.15, 0.2) is 36.5 Å². The largest absolute Gasteiger partial charge is 0.317 e. The van der Waals surface area contributed by atoms with Crippen molar-refractivity contribution < 1.29 is 5.21 Å². The molecule has 1 aliphatic heterocycles. The number of piperidine rings is 1. The number of allylic oxidation sites excluding steroid dienone is 5. The molecule has 0 bridgehead atoms. The summed E-state index contributed by atoms with van der Waals surface area (Å²) < 4.78 is 0. The Morgan fingerprint density at radius 3 is 2.06 bits per heavy atom. The number of hydrogen-bond acceptors (Lipinski definition) is 3. The van der Waals surface area contributed by atoms with Gasteiger partial charge in [0.05, 0.1) is 0 Å². The van der Waals surface area contributed by atoms with Gasteiger partial charge >= 0.3 is 0 Å². The van der Waals surface area contributed by atoms with E-state index in [1.165, 1.54) is 17.1 Å². The lowest BCUT2D eigenvalue weighted by Gasteiger charge is -2.18. The molecule has 0 amide bonds. The molecule has 1 heterocycles. The van der Waals surface area contributed by atoms with Gasteiger partial charge in [0.15, 0.2) is 0 Å². The first-order valence-electron chi connectivity index (χ1n) is 5.92. The summed E-state index contributed by atoms with van der Waals surface area (Å²) in [4.78, 5) is 0. The van der Waals surface area contributed by atoms with Crippen LogP contribution in [-0.2, 0) is 0 Å². The fourth-order valence-electron chi connectivity index (χ4n) is 1.19. The van der Waals surface area contributed by atoms with E-state index >= 15 is 0 Å². The van der Waals surface area contributed by atoms with Crippen LogP contribution in [0.25, 0.3) is 0 Å². The van der Waals surface area contributed by atoms with Crippen LogP contribution in [-0.4, -0.2) is 30.1 Å². The second-order valence-electron chi connectivity index (χ2n) is 3.64. The molecule has 0 aromatic rings. The van der Waals surface area contributed by atoms with Crippen LogP contribution in [0, 0.1) is 5.41 Å². The smallest absolute Gasteiger partial charge is 0.0238 e. The normalized spacial score (nSPS) is 16.5. The minimum atomic E-state index is 0.875. The Labute approximate surface area is 106 Å². The van der Waals surface area contributed by atoms with Gasteiger partial charge in [0.2, 0.25) is 0 Å². The van der Waals surface area contributed by atoms with Crippen molar-refractivity contribution in [3.63, 3.8) is 0 Å². The molecule has 1 rings (SSSR count). The van der Waals surface area contributed by atoms with Crippen LogP contribution in [0.5, 0.6) is 0 Å². The molecule has 0 aromatic heterocycles. The SMILES string of the molecule is C=C/C=C\C(C)=C/C.C=N.ON1CCCCC1. The highest BCUT2D eigenvalue weighted by atomic mass is 16.5. The van der Waals surface area contributed by atoms with Crippen molar-refractivity contribution in [3.05, 3.63) is 36.5 Å². The first-order valence-corrected chi connectivity index (χ1v) is 5.92. The van der Waals surface area contributed by atoms with E-state index in [0.29, 0.717) is 0 Å². The topological polar surface area (TPSA) is 47.3 Å². The molecule has 0 aliphatic carbocycles. The predicted octanol–water partition coefficient (Wildman–Crippen LogP) is 3.82. The maximum atomic E-state index is 8.74. The summed E-state index contributed by atoms with van der Waals surface area (Å²) in [6.07, 6.45) is 11.4. The number of nitrogens with zero attached hydrogens (tertiary/aromatic N) is 1. The molecule has 0 saturated carbocycles. The molecule has 98 valence electrons. The van der Waals surface area contributed by atoms with E-state index in [-0.39, 0.29) is 0 Å². The average molecular weight is 238 g/mol. The molecule has 3 nitrogen and oxygen atoms in total. The number of hydrogen-bond donors (Lipinski definition) is 2. The Hall–Kier alpha value is -1.19. The second-order valence-corrected chi connectivity index (χ2v) is 3.64. The highest BCUT2D eigenvalue weighted by molar-refractivity contribution is 5.18. The van der Waals surface area contributed by atoms with E-state index in [4.69, 9.17) is 10.6 Å². The van der Waals surface area contributed by atoms with Crippen molar-refractivity contribution in [1.82, 2.24) is 5.06 Å². The van der Waals surface area contributed by atoms with Gasteiger partial charge in [0, 0.05) is 13.1 Å². The summed E-state index contributed by atoms with van der Waals surface area (Å²) in [6, 6.07) is 0. The lowest BCUT2D eigenvalue weighted by molar-refractivity contribution is -0.103. The van der Waals surface area contributed by atoms with Crippen LogP contribution in [0.1, 0.15) is 33.1 Å². The lowest BCUT2D eigenvalue weighted by atomic mass is 10.2. The molecule has 1 aliphatic rings. The average Bonchev–Trinajstić information content (AvgIpc) is 2.40. The summed E-state index contributed by atoms with van der Waals surface area (Å²) in [6.45, 7) is 11.9. The zero-order valence-electron chi connectivity index (χ0n) is 11.2.